The van der Waals surface area contributed by atoms with Crippen molar-refractivity contribution >= 4 is 11.6 Å². The lowest BCUT2D eigenvalue weighted by Crippen LogP contribution is -2.24. The van der Waals surface area contributed by atoms with Crippen molar-refractivity contribution in [3.63, 3.8) is 0 Å². The van der Waals surface area contributed by atoms with E-state index in [0.717, 1.165) is 16.8 Å². The average Bonchev–Trinajstić information content (AvgIpc) is 3.18. The van der Waals surface area contributed by atoms with Gasteiger partial charge < -0.3 is 18.9 Å². The topological polar surface area (TPSA) is 69.6 Å². The Morgan fingerprint density at radius 1 is 0.929 bits per heavy atom. The second-order valence-electron chi connectivity index (χ2n) is 6.31. The van der Waals surface area contributed by atoms with Crippen LogP contribution in [-0.2, 0) is 4.79 Å². The lowest BCUT2D eigenvalue weighted by Gasteiger charge is -2.22. The van der Waals surface area contributed by atoms with E-state index >= 15 is 0 Å². The number of rotatable bonds is 6. The molecular formula is C21H24N2O5. The summed E-state index contributed by atoms with van der Waals surface area (Å²) < 4.78 is 21.6. The highest BCUT2D eigenvalue weighted by atomic mass is 16.5. The maximum Gasteiger partial charge on any atom is 0.240 e. The van der Waals surface area contributed by atoms with Crippen LogP contribution in [0.15, 0.2) is 41.5 Å². The third-order valence-corrected chi connectivity index (χ3v) is 4.75. The first kappa shape index (κ1) is 19.5. The van der Waals surface area contributed by atoms with E-state index in [0.29, 0.717) is 29.4 Å². The van der Waals surface area contributed by atoms with E-state index in [-0.39, 0.29) is 11.9 Å². The first-order chi connectivity index (χ1) is 13.5. The quantitative estimate of drug-likeness (QED) is 0.763. The molecule has 0 radical (unpaired) electrons. The molecule has 1 aliphatic heterocycles. The van der Waals surface area contributed by atoms with Crippen molar-refractivity contribution in [1.82, 2.24) is 5.01 Å². The molecule has 0 spiro atoms. The number of ether oxygens (including phenoxy) is 4. The maximum atomic E-state index is 12.3. The zero-order valence-electron chi connectivity index (χ0n) is 16.7. The van der Waals surface area contributed by atoms with Crippen LogP contribution in [0.5, 0.6) is 23.0 Å². The molecule has 0 aliphatic carbocycles. The molecule has 148 valence electrons. The van der Waals surface area contributed by atoms with Crippen LogP contribution in [0.1, 0.15) is 30.5 Å². The number of amides is 1. The first-order valence-corrected chi connectivity index (χ1v) is 8.84. The fourth-order valence-corrected chi connectivity index (χ4v) is 3.33. The van der Waals surface area contributed by atoms with Gasteiger partial charge in [-0.05, 0) is 36.4 Å². The first-order valence-electron chi connectivity index (χ1n) is 8.84. The average molecular weight is 384 g/mol. The molecule has 2 aromatic rings. The minimum Gasteiger partial charge on any atom is -0.497 e. The van der Waals surface area contributed by atoms with Gasteiger partial charge in [0.2, 0.25) is 5.91 Å². The van der Waals surface area contributed by atoms with E-state index in [1.807, 2.05) is 36.4 Å². The van der Waals surface area contributed by atoms with Crippen molar-refractivity contribution in [3.8, 4) is 23.0 Å². The highest BCUT2D eigenvalue weighted by Gasteiger charge is 2.33. The molecule has 0 fully saturated rings. The summed E-state index contributed by atoms with van der Waals surface area (Å²) in [5.41, 5.74) is 2.50. The van der Waals surface area contributed by atoms with Crippen LogP contribution in [0.4, 0.5) is 0 Å². The lowest BCUT2D eigenvalue weighted by atomic mass is 9.97. The number of hydrogen-bond acceptors (Lipinski definition) is 6. The van der Waals surface area contributed by atoms with Gasteiger partial charge >= 0.3 is 0 Å². The molecule has 2 aromatic carbocycles. The van der Waals surface area contributed by atoms with Crippen molar-refractivity contribution in [2.45, 2.75) is 19.4 Å². The fourth-order valence-electron chi connectivity index (χ4n) is 3.33. The number of hydrogen-bond donors (Lipinski definition) is 0. The molecule has 0 aromatic heterocycles. The van der Waals surface area contributed by atoms with E-state index in [4.69, 9.17) is 18.9 Å². The summed E-state index contributed by atoms with van der Waals surface area (Å²) in [6, 6.07) is 10.9. The molecule has 0 N–H and O–H groups in total. The molecule has 0 saturated heterocycles. The Morgan fingerprint density at radius 2 is 1.61 bits per heavy atom. The Hall–Kier alpha value is -3.22. The van der Waals surface area contributed by atoms with Crippen LogP contribution in [0.3, 0.4) is 0 Å². The van der Waals surface area contributed by atoms with Gasteiger partial charge in [0.25, 0.3) is 0 Å². The highest BCUT2D eigenvalue weighted by molar-refractivity contribution is 6.03. The number of hydrazone groups is 1. The predicted octanol–water partition coefficient (Wildman–Crippen LogP) is 3.42. The van der Waals surface area contributed by atoms with Crippen LogP contribution in [0.2, 0.25) is 0 Å². The predicted molar refractivity (Wildman–Crippen MR) is 106 cm³/mol. The van der Waals surface area contributed by atoms with Gasteiger partial charge in [0.1, 0.15) is 11.5 Å². The van der Waals surface area contributed by atoms with E-state index in [9.17, 15) is 4.79 Å². The van der Waals surface area contributed by atoms with E-state index in [1.54, 1.807) is 28.4 Å². The van der Waals surface area contributed by atoms with Crippen molar-refractivity contribution in [2.24, 2.45) is 5.10 Å². The van der Waals surface area contributed by atoms with Crippen LogP contribution < -0.4 is 18.9 Å². The molecule has 0 unspecified atom stereocenters. The zero-order valence-corrected chi connectivity index (χ0v) is 16.7. The molecule has 1 atom stereocenters. The molecule has 1 heterocycles. The molecule has 3 rings (SSSR count). The van der Waals surface area contributed by atoms with Crippen molar-refractivity contribution < 1.29 is 23.7 Å². The van der Waals surface area contributed by atoms with Crippen molar-refractivity contribution in [2.75, 3.05) is 28.4 Å². The summed E-state index contributed by atoms with van der Waals surface area (Å²) in [6.07, 6.45) is 0.540. The molecule has 7 nitrogen and oxygen atoms in total. The number of benzene rings is 2. The SMILES string of the molecule is COc1ccc(OC)c([C@@H]2CC(c3ccc(OC)c(OC)c3)=NN2C(C)=O)c1. The van der Waals surface area contributed by atoms with Crippen LogP contribution >= 0.6 is 0 Å². The lowest BCUT2D eigenvalue weighted by molar-refractivity contribution is -0.130. The molecule has 0 bridgehead atoms. The van der Waals surface area contributed by atoms with E-state index in [2.05, 4.69) is 5.10 Å². The molecular weight excluding hydrogens is 360 g/mol. The standard InChI is InChI=1S/C21H24N2O5/c1-13(24)23-18(16-11-15(25-2)7-9-19(16)26-3)12-17(22-23)14-6-8-20(27-4)21(10-14)28-5/h6-11,18H,12H2,1-5H3/t18-/m0/s1. The summed E-state index contributed by atoms with van der Waals surface area (Å²) >= 11 is 0. The monoisotopic (exact) mass is 384 g/mol. The van der Waals surface area contributed by atoms with Gasteiger partial charge in [-0.1, -0.05) is 0 Å². The number of carbonyl (C=O) groups is 1. The molecule has 28 heavy (non-hydrogen) atoms. The van der Waals surface area contributed by atoms with Crippen LogP contribution in [0, 0.1) is 0 Å². The number of methoxy groups -OCH3 is 4. The fraction of sp³-hybridized carbons (Fsp3) is 0.333. The second kappa shape index (κ2) is 8.21. The van der Waals surface area contributed by atoms with Gasteiger partial charge in [-0.25, -0.2) is 5.01 Å². The number of carbonyl (C=O) groups excluding carboxylic acids is 1. The summed E-state index contributed by atoms with van der Waals surface area (Å²) in [6.45, 7) is 1.50. The Kier molecular flexibility index (Phi) is 5.73. The largest absolute Gasteiger partial charge is 0.497 e. The van der Waals surface area contributed by atoms with E-state index < -0.39 is 0 Å². The highest BCUT2D eigenvalue weighted by Crippen LogP contribution is 2.40. The van der Waals surface area contributed by atoms with Crippen LogP contribution in [0.25, 0.3) is 0 Å². The summed E-state index contributed by atoms with van der Waals surface area (Å²) in [4.78, 5) is 12.3. The Balaban J connectivity index is 2.01. The summed E-state index contributed by atoms with van der Waals surface area (Å²) in [5.74, 6) is 2.48. The minimum absolute atomic E-state index is 0.148. The maximum absolute atomic E-state index is 12.3. The number of nitrogens with zero attached hydrogens (tertiary/aromatic N) is 2. The van der Waals surface area contributed by atoms with E-state index in [1.165, 1.54) is 11.9 Å². The van der Waals surface area contributed by atoms with Gasteiger partial charge in [0.05, 0.1) is 40.2 Å². The van der Waals surface area contributed by atoms with Crippen LogP contribution in [-0.4, -0.2) is 45.1 Å². The molecule has 1 amide bonds. The summed E-state index contributed by atoms with van der Waals surface area (Å²) in [7, 11) is 6.39. The molecule has 1 aliphatic rings. The molecule has 7 heteroatoms. The Morgan fingerprint density at radius 3 is 2.21 bits per heavy atom. The molecule has 0 saturated carbocycles. The van der Waals surface area contributed by atoms with Gasteiger partial charge in [-0.15, -0.1) is 0 Å². The normalized spacial score (nSPS) is 15.8. The smallest absolute Gasteiger partial charge is 0.240 e. The van der Waals surface area contributed by atoms with Crippen molar-refractivity contribution in [1.29, 1.82) is 0 Å². The van der Waals surface area contributed by atoms with Gasteiger partial charge in [-0.2, -0.15) is 5.10 Å². The third-order valence-electron chi connectivity index (χ3n) is 4.75. The van der Waals surface area contributed by atoms with Gasteiger partial charge in [0, 0.05) is 24.5 Å². The minimum atomic E-state index is -0.286. The van der Waals surface area contributed by atoms with Crippen molar-refractivity contribution in [3.05, 3.63) is 47.5 Å². The zero-order chi connectivity index (χ0) is 20.3. The summed E-state index contributed by atoms with van der Waals surface area (Å²) in [5, 5.41) is 6.07. The Bertz CT molecular complexity index is 910. The third kappa shape index (κ3) is 3.60. The Labute approximate surface area is 164 Å². The van der Waals surface area contributed by atoms with Gasteiger partial charge in [-0.3, -0.25) is 4.79 Å². The van der Waals surface area contributed by atoms with Gasteiger partial charge in [0.15, 0.2) is 11.5 Å². The second-order valence-corrected chi connectivity index (χ2v) is 6.31.